The lowest BCUT2D eigenvalue weighted by molar-refractivity contribution is -0.113. The monoisotopic (exact) mass is 371 g/mol. The van der Waals surface area contributed by atoms with Crippen molar-refractivity contribution in [2.24, 2.45) is 0 Å². The van der Waals surface area contributed by atoms with Gasteiger partial charge in [0.1, 0.15) is 5.82 Å². The van der Waals surface area contributed by atoms with Gasteiger partial charge in [0, 0.05) is 5.56 Å². The Bertz CT molecular complexity index is 825. The summed E-state index contributed by atoms with van der Waals surface area (Å²) in [6.07, 6.45) is 6.51. The quantitative estimate of drug-likeness (QED) is 0.835. The van der Waals surface area contributed by atoms with E-state index in [1.165, 1.54) is 20.0 Å². The molecule has 0 unspecified atom stereocenters. The van der Waals surface area contributed by atoms with Gasteiger partial charge in [-0.25, -0.2) is 9.48 Å². The second-order valence-corrected chi connectivity index (χ2v) is 7.78. The second kappa shape index (κ2) is 7.15. The number of anilines is 1. The van der Waals surface area contributed by atoms with Crippen LogP contribution in [0.15, 0.2) is 30.5 Å². The third kappa shape index (κ3) is 3.11. The second-order valence-electron chi connectivity index (χ2n) is 6.68. The van der Waals surface area contributed by atoms with Crippen LogP contribution in [-0.4, -0.2) is 34.5 Å². The number of nitrogens with one attached hydrogen (secondary N) is 1. The number of carbonyl (C=O) groups excluding carboxylic acids is 2. The minimum absolute atomic E-state index is 0.00433. The van der Waals surface area contributed by atoms with Crippen molar-refractivity contribution in [1.82, 2.24) is 9.78 Å². The van der Waals surface area contributed by atoms with Gasteiger partial charge >= 0.3 is 5.97 Å². The molecule has 2 aromatic rings. The number of fused-ring (bicyclic) bond motifs is 1. The van der Waals surface area contributed by atoms with E-state index >= 15 is 0 Å². The minimum atomic E-state index is -0.350. The summed E-state index contributed by atoms with van der Waals surface area (Å²) >= 11 is 1.58. The normalized spacial score (nSPS) is 20.3. The number of aromatic nitrogens is 2. The summed E-state index contributed by atoms with van der Waals surface area (Å²) in [5.41, 5.74) is 2.59. The van der Waals surface area contributed by atoms with Crippen molar-refractivity contribution >= 4 is 29.5 Å². The molecule has 6 nitrogen and oxygen atoms in total. The number of hydrogen-bond acceptors (Lipinski definition) is 5. The van der Waals surface area contributed by atoms with Crippen LogP contribution in [0.25, 0.3) is 0 Å². The van der Waals surface area contributed by atoms with E-state index in [2.05, 4.69) is 10.4 Å². The number of ether oxygens (including phenoxy) is 1. The number of nitrogens with zero attached hydrogens (tertiary/aromatic N) is 2. The maximum atomic E-state index is 12.2. The first kappa shape index (κ1) is 17.1. The molecule has 1 atom stereocenters. The highest BCUT2D eigenvalue weighted by Gasteiger charge is 2.30. The van der Waals surface area contributed by atoms with Gasteiger partial charge in [0.15, 0.2) is 0 Å². The number of hydrogen-bond donors (Lipinski definition) is 1. The summed E-state index contributed by atoms with van der Waals surface area (Å²) in [6.45, 7) is 0. The van der Waals surface area contributed by atoms with Crippen LogP contribution >= 0.6 is 11.8 Å². The summed E-state index contributed by atoms with van der Waals surface area (Å²) in [5, 5.41) is 7.66. The molecule has 0 saturated heterocycles. The first-order valence-electron chi connectivity index (χ1n) is 8.84. The van der Waals surface area contributed by atoms with Crippen molar-refractivity contribution in [3.8, 4) is 0 Å². The van der Waals surface area contributed by atoms with Gasteiger partial charge in [-0.3, -0.25) is 4.79 Å². The predicted octanol–water partition coefficient (Wildman–Crippen LogP) is 3.56. The van der Waals surface area contributed by atoms with Gasteiger partial charge in [0.2, 0.25) is 5.91 Å². The summed E-state index contributed by atoms with van der Waals surface area (Å²) in [5.74, 6) is 0.873. The summed E-state index contributed by atoms with van der Waals surface area (Å²) < 4.78 is 6.76. The zero-order valence-electron chi connectivity index (χ0n) is 14.6. The lowest BCUT2D eigenvalue weighted by Gasteiger charge is -2.17. The van der Waals surface area contributed by atoms with Crippen molar-refractivity contribution in [3.05, 3.63) is 47.2 Å². The van der Waals surface area contributed by atoms with Crippen molar-refractivity contribution in [3.63, 3.8) is 0 Å². The standard InChI is InChI=1S/C19H21N3O3S/c1-25-19(24)13-8-6-12(7-9-13)17-15-10-20-22(14-4-2-3-5-14)18(15)21-16(23)11-26-17/h6-10,14,17H,2-5,11H2,1H3,(H,21,23)/t17-/m1/s1. The molecule has 0 bridgehead atoms. The minimum Gasteiger partial charge on any atom is -0.465 e. The number of thioether (sulfide) groups is 1. The molecule has 0 spiro atoms. The van der Waals surface area contributed by atoms with Gasteiger partial charge in [0.25, 0.3) is 0 Å². The van der Waals surface area contributed by atoms with E-state index in [0.717, 1.165) is 29.8 Å². The lowest BCUT2D eigenvalue weighted by Crippen LogP contribution is -2.18. The highest BCUT2D eigenvalue weighted by atomic mass is 32.2. The molecule has 136 valence electrons. The van der Waals surface area contributed by atoms with E-state index < -0.39 is 0 Å². The molecule has 4 rings (SSSR count). The smallest absolute Gasteiger partial charge is 0.337 e. The van der Waals surface area contributed by atoms with E-state index in [1.807, 2.05) is 23.0 Å². The van der Waals surface area contributed by atoms with Crippen LogP contribution in [-0.2, 0) is 9.53 Å². The fraction of sp³-hybridized carbons (Fsp3) is 0.421. The van der Waals surface area contributed by atoms with Crippen LogP contribution in [0.5, 0.6) is 0 Å². The van der Waals surface area contributed by atoms with E-state index in [1.54, 1.807) is 23.9 Å². The maximum absolute atomic E-state index is 12.2. The molecule has 26 heavy (non-hydrogen) atoms. The molecule has 1 aromatic heterocycles. The molecule has 1 N–H and O–H groups in total. The molecule has 7 heteroatoms. The molecule has 1 saturated carbocycles. The average molecular weight is 371 g/mol. The zero-order valence-corrected chi connectivity index (χ0v) is 15.4. The van der Waals surface area contributed by atoms with Gasteiger partial charge in [-0.2, -0.15) is 5.10 Å². The van der Waals surface area contributed by atoms with Gasteiger partial charge in [-0.1, -0.05) is 25.0 Å². The number of amides is 1. The van der Waals surface area contributed by atoms with Crippen LogP contribution in [0.1, 0.15) is 58.5 Å². The molecule has 1 amide bonds. The fourth-order valence-electron chi connectivity index (χ4n) is 3.73. The van der Waals surface area contributed by atoms with Crippen molar-refractivity contribution in [2.45, 2.75) is 37.0 Å². The molecular formula is C19H21N3O3S. The predicted molar refractivity (Wildman–Crippen MR) is 100 cm³/mol. The highest BCUT2D eigenvalue weighted by Crippen LogP contribution is 2.43. The van der Waals surface area contributed by atoms with E-state index in [0.29, 0.717) is 17.4 Å². The van der Waals surface area contributed by atoms with Crippen molar-refractivity contribution < 1.29 is 14.3 Å². The van der Waals surface area contributed by atoms with Crippen molar-refractivity contribution in [1.29, 1.82) is 0 Å². The molecule has 2 heterocycles. The largest absolute Gasteiger partial charge is 0.465 e. The molecule has 1 aliphatic heterocycles. The summed E-state index contributed by atoms with van der Waals surface area (Å²) in [4.78, 5) is 23.9. The molecular weight excluding hydrogens is 350 g/mol. The first-order chi connectivity index (χ1) is 12.7. The Hall–Kier alpha value is -2.28. The number of methoxy groups -OCH3 is 1. The Morgan fingerprint density at radius 1 is 1.27 bits per heavy atom. The molecule has 0 radical (unpaired) electrons. The third-order valence-electron chi connectivity index (χ3n) is 5.05. The maximum Gasteiger partial charge on any atom is 0.337 e. The van der Waals surface area contributed by atoms with Crippen LogP contribution in [0.2, 0.25) is 0 Å². The fourth-order valence-corrected chi connectivity index (χ4v) is 4.82. The zero-order chi connectivity index (χ0) is 18.1. The Labute approximate surface area is 156 Å². The van der Waals surface area contributed by atoms with Gasteiger partial charge in [-0.05, 0) is 30.5 Å². The number of carbonyl (C=O) groups is 2. The van der Waals surface area contributed by atoms with Crippen LogP contribution < -0.4 is 5.32 Å². The van der Waals surface area contributed by atoms with E-state index in [9.17, 15) is 9.59 Å². The topological polar surface area (TPSA) is 73.2 Å². The summed E-state index contributed by atoms with van der Waals surface area (Å²) in [7, 11) is 1.37. The van der Waals surface area contributed by atoms with Crippen LogP contribution in [0.3, 0.4) is 0 Å². The molecule has 1 fully saturated rings. The third-order valence-corrected chi connectivity index (χ3v) is 6.34. The molecule has 2 aliphatic rings. The molecule has 1 aromatic carbocycles. The van der Waals surface area contributed by atoms with Crippen molar-refractivity contribution in [2.75, 3.05) is 18.2 Å². The van der Waals surface area contributed by atoms with Crippen LogP contribution in [0, 0.1) is 0 Å². The van der Waals surface area contributed by atoms with E-state index in [4.69, 9.17) is 4.74 Å². The number of esters is 1. The first-order valence-corrected chi connectivity index (χ1v) is 9.89. The lowest BCUT2D eigenvalue weighted by atomic mass is 10.0. The number of benzene rings is 1. The Balaban J connectivity index is 1.69. The molecule has 1 aliphatic carbocycles. The SMILES string of the molecule is COC(=O)c1ccc([C@H]2SCC(=O)Nc3c2cnn3C2CCCC2)cc1. The number of rotatable bonds is 3. The highest BCUT2D eigenvalue weighted by molar-refractivity contribution is 8.00. The average Bonchev–Trinajstić information content (AvgIpc) is 3.29. The van der Waals surface area contributed by atoms with Gasteiger partial charge in [-0.15, -0.1) is 11.8 Å². The summed E-state index contributed by atoms with van der Waals surface area (Å²) in [6, 6.07) is 7.75. The van der Waals surface area contributed by atoms with Gasteiger partial charge in [0.05, 0.1) is 35.9 Å². The Morgan fingerprint density at radius 3 is 2.69 bits per heavy atom. The Kier molecular flexibility index (Phi) is 4.72. The van der Waals surface area contributed by atoms with Gasteiger partial charge < -0.3 is 10.1 Å². The van der Waals surface area contributed by atoms with Crippen LogP contribution in [0.4, 0.5) is 5.82 Å². The van der Waals surface area contributed by atoms with E-state index in [-0.39, 0.29) is 17.1 Å². The Morgan fingerprint density at radius 2 is 2.00 bits per heavy atom.